The van der Waals surface area contributed by atoms with Crippen LogP contribution in [0.5, 0.6) is 0 Å². The molecule has 3 N–H and O–H groups in total. The number of halogens is 3. The molecule has 1 aromatic heterocycles. The first kappa shape index (κ1) is 24.4. The van der Waals surface area contributed by atoms with Crippen molar-refractivity contribution < 1.29 is 23.1 Å². The Morgan fingerprint density at radius 2 is 1.92 bits per heavy atom. The van der Waals surface area contributed by atoms with Gasteiger partial charge in [-0.25, -0.2) is 19.0 Å². The minimum Gasteiger partial charge on any atom is -0.435 e. The Balaban J connectivity index is 1.23. The molecule has 2 heterocycles. The van der Waals surface area contributed by atoms with E-state index in [4.69, 9.17) is 4.74 Å². The zero-order valence-corrected chi connectivity index (χ0v) is 21.1. The van der Waals surface area contributed by atoms with Crippen molar-refractivity contribution in [1.29, 1.82) is 0 Å². The van der Waals surface area contributed by atoms with E-state index in [1.807, 2.05) is 6.92 Å². The van der Waals surface area contributed by atoms with Crippen molar-refractivity contribution in [2.24, 2.45) is 11.0 Å². The van der Waals surface area contributed by atoms with Gasteiger partial charge in [0, 0.05) is 27.0 Å². The van der Waals surface area contributed by atoms with E-state index < -0.39 is 11.7 Å². The van der Waals surface area contributed by atoms with E-state index in [1.165, 1.54) is 24.3 Å². The van der Waals surface area contributed by atoms with Gasteiger partial charge in [0.2, 0.25) is 0 Å². The Kier molecular flexibility index (Phi) is 6.55. The zero-order valence-electron chi connectivity index (χ0n) is 19.5. The first-order valence-electron chi connectivity index (χ1n) is 11.8. The lowest BCUT2D eigenvalue weighted by Crippen LogP contribution is -2.52. The maximum absolute atomic E-state index is 13.6. The van der Waals surface area contributed by atoms with Crippen LogP contribution in [0.4, 0.5) is 13.6 Å². The summed E-state index contributed by atoms with van der Waals surface area (Å²) in [6.45, 7) is 1.96. The maximum atomic E-state index is 13.6. The molecule has 0 unspecified atom stereocenters. The average Bonchev–Trinajstić information content (AvgIpc) is 3.25. The van der Waals surface area contributed by atoms with Crippen molar-refractivity contribution in [3.05, 3.63) is 69.8 Å². The number of aromatic amines is 1. The normalized spacial score (nSPS) is 22.6. The van der Waals surface area contributed by atoms with Gasteiger partial charge in [-0.3, -0.25) is 4.79 Å². The van der Waals surface area contributed by atoms with Gasteiger partial charge in [0.25, 0.3) is 5.91 Å². The Morgan fingerprint density at radius 3 is 2.67 bits per heavy atom. The summed E-state index contributed by atoms with van der Waals surface area (Å²) in [6, 6.07) is 10.2. The molecule has 1 fully saturated rings. The fourth-order valence-electron chi connectivity index (χ4n) is 5.24. The number of H-pyrrole nitrogens is 1. The summed E-state index contributed by atoms with van der Waals surface area (Å²) < 4.78 is 33.4. The van der Waals surface area contributed by atoms with E-state index in [0.29, 0.717) is 51.1 Å². The Labute approximate surface area is 214 Å². The minimum absolute atomic E-state index is 0.0883. The number of nitrogens with one attached hydrogen (secondary N) is 3. The molecule has 0 radical (unpaired) electrons. The number of aromatic nitrogens is 1. The van der Waals surface area contributed by atoms with Crippen LogP contribution in [0.1, 0.15) is 55.1 Å². The third-order valence-corrected chi connectivity index (χ3v) is 7.63. The molecule has 1 aliphatic carbocycles. The van der Waals surface area contributed by atoms with Gasteiger partial charge in [-0.2, -0.15) is 5.10 Å². The summed E-state index contributed by atoms with van der Waals surface area (Å²) >= 11 is 3.40. The molecule has 3 aromatic rings. The summed E-state index contributed by atoms with van der Waals surface area (Å²) in [5, 5.41) is 7.95. The van der Waals surface area contributed by atoms with Crippen LogP contribution in [0.2, 0.25) is 0 Å². The van der Waals surface area contributed by atoms with E-state index in [0.717, 1.165) is 19.3 Å². The highest BCUT2D eigenvalue weighted by molar-refractivity contribution is 9.10. The minimum atomic E-state index is -0.884. The fraction of sp³-hybridized carbons (Fsp3) is 0.346. The monoisotopic (exact) mass is 558 g/mol. The number of rotatable bonds is 5. The highest BCUT2D eigenvalue weighted by Crippen LogP contribution is 2.41. The standard InChI is InChI=1S/C26H25BrF2N4O3/c1-14(30-24(34)22-12-16-11-17(28)3-5-21(16)31-22)10-15-6-8-26(9-7-15)23(32-33-25(35)36-26)19-4-2-18(29)13-20(19)27/h2-5,11-15,31H,6-10H2,1H3,(H,30,34)(H,33,35)/t14-,15?,26?/m0/s1. The maximum Gasteiger partial charge on any atom is 0.428 e. The fourth-order valence-corrected chi connectivity index (χ4v) is 5.78. The molecule has 0 bridgehead atoms. The highest BCUT2D eigenvalue weighted by Gasteiger charge is 2.46. The van der Waals surface area contributed by atoms with Gasteiger partial charge in [-0.1, -0.05) is 15.9 Å². The summed E-state index contributed by atoms with van der Waals surface area (Å²) in [6.07, 6.45) is 2.85. The smallest absolute Gasteiger partial charge is 0.428 e. The molecule has 1 spiro atoms. The van der Waals surface area contributed by atoms with Crippen molar-refractivity contribution in [2.75, 3.05) is 0 Å². The Morgan fingerprint density at radius 1 is 1.19 bits per heavy atom. The van der Waals surface area contributed by atoms with Gasteiger partial charge in [-0.05, 0) is 87.4 Å². The predicted molar refractivity (Wildman–Crippen MR) is 135 cm³/mol. The van der Waals surface area contributed by atoms with Crippen LogP contribution in [0.25, 0.3) is 10.9 Å². The predicted octanol–water partition coefficient (Wildman–Crippen LogP) is 5.79. The molecule has 36 heavy (non-hydrogen) atoms. The average molecular weight is 559 g/mol. The summed E-state index contributed by atoms with van der Waals surface area (Å²) in [4.78, 5) is 27.8. The van der Waals surface area contributed by atoms with Crippen molar-refractivity contribution in [3.63, 3.8) is 0 Å². The Bertz CT molecular complexity index is 1360. The van der Waals surface area contributed by atoms with Crippen molar-refractivity contribution in [3.8, 4) is 0 Å². The van der Waals surface area contributed by atoms with Crippen molar-refractivity contribution in [1.82, 2.24) is 15.7 Å². The molecule has 7 nitrogen and oxygen atoms in total. The number of benzene rings is 2. The number of hydrogen-bond donors (Lipinski definition) is 3. The lowest BCUT2D eigenvalue weighted by molar-refractivity contribution is 0.0154. The quantitative estimate of drug-likeness (QED) is 0.369. The summed E-state index contributed by atoms with van der Waals surface area (Å²) in [7, 11) is 0. The topological polar surface area (TPSA) is 95.6 Å². The number of nitrogens with zero attached hydrogens (tertiary/aromatic N) is 1. The number of amides is 2. The molecule has 2 amide bonds. The largest absolute Gasteiger partial charge is 0.435 e. The second kappa shape index (κ2) is 9.65. The first-order chi connectivity index (χ1) is 17.2. The van der Waals surface area contributed by atoms with Crippen LogP contribution in [-0.4, -0.2) is 34.3 Å². The van der Waals surface area contributed by atoms with Crippen LogP contribution in [0.3, 0.4) is 0 Å². The first-order valence-corrected chi connectivity index (χ1v) is 12.6. The van der Waals surface area contributed by atoms with E-state index in [-0.39, 0.29) is 23.6 Å². The van der Waals surface area contributed by atoms with Crippen molar-refractivity contribution in [2.45, 2.75) is 50.7 Å². The van der Waals surface area contributed by atoms with Gasteiger partial charge in [-0.15, -0.1) is 0 Å². The van der Waals surface area contributed by atoms with Crippen LogP contribution in [0, 0.1) is 17.6 Å². The van der Waals surface area contributed by atoms with E-state index in [9.17, 15) is 18.4 Å². The number of hydrazone groups is 1. The number of fused-ring (bicyclic) bond motifs is 1. The summed E-state index contributed by atoms with van der Waals surface area (Å²) in [5.41, 5.74) is 3.83. The molecule has 5 rings (SSSR count). The van der Waals surface area contributed by atoms with Gasteiger partial charge < -0.3 is 15.0 Å². The third-order valence-electron chi connectivity index (χ3n) is 6.97. The van der Waals surface area contributed by atoms with E-state index in [2.05, 4.69) is 36.8 Å². The SMILES string of the molecule is C[C@@H](CC1CCC2(CC1)OC(=O)NN=C2c1ccc(F)cc1Br)NC(=O)c1cc2cc(F)ccc2[nH]1. The van der Waals surface area contributed by atoms with E-state index in [1.54, 1.807) is 18.2 Å². The van der Waals surface area contributed by atoms with Crippen LogP contribution < -0.4 is 10.7 Å². The molecule has 1 atom stereocenters. The molecule has 1 aliphatic heterocycles. The van der Waals surface area contributed by atoms with Gasteiger partial charge in [0.1, 0.15) is 23.0 Å². The number of carbonyl (C=O) groups excluding carboxylic acids is 2. The Hall–Kier alpha value is -3.27. The molecule has 2 aliphatic rings. The molecule has 0 saturated heterocycles. The molecule has 2 aromatic carbocycles. The van der Waals surface area contributed by atoms with Crippen molar-refractivity contribution >= 4 is 44.5 Å². The molecule has 10 heteroatoms. The highest BCUT2D eigenvalue weighted by atomic mass is 79.9. The van der Waals surface area contributed by atoms with Crippen LogP contribution >= 0.6 is 15.9 Å². The summed E-state index contributed by atoms with van der Waals surface area (Å²) in [5.74, 6) is -0.653. The molecule has 1 saturated carbocycles. The van der Waals surface area contributed by atoms with Crippen LogP contribution in [-0.2, 0) is 4.74 Å². The lowest BCUT2D eigenvalue weighted by atomic mass is 9.73. The second-order valence-electron chi connectivity index (χ2n) is 9.55. The van der Waals surface area contributed by atoms with Gasteiger partial charge in [0.05, 0.1) is 0 Å². The third kappa shape index (κ3) is 4.86. The number of ether oxygens (including phenoxy) is 1. The van der Waals surface area contributed by atoms with Gasteiger partial charge >= 0.3 is 6.09 Å². The lowest BCUT2D eigenvalue weighted by Gasteiger charge is -2.42. The number of carbonyl (C=O) groups is 2. The zero-order chi connectivity index (χ0) is 25.4. The molecule has 188 valence electrons. The molecular weight excluding hydrogens is 534 g/mol. The van der Waals surface area contributed by atoms with Gasteiger partial charge in [0.15, 0.2) is 5.60 Å². The second-order valence-corrected chi connectivity index (χ2v) is 10.4. The molecular formula is C26H25BrF2N4O3. The number of hydrogen-bond acceptors (Lipinski definition) is 4. The van der Waals surface area contributed by atoms with Crippen LogP contribution in [0.15, 0.2) is 52.0 Å². The van der Waals surface area contributed by atoms with E-state index >= 15 is 0 Å².